The van der Waals surface area contributed by atoms with E-state index in [1.807, 2.05) is 6.07 Å². The van der Waals surface area contributed by atoms with Crippen LogP contribution >= 0.6 is 23.1 Å². The number of aromatic nitrogens is 3. The van der Waals surface area contributed by atoms with Crippen LogP contribution in [0.2, 0.25) is 0 Å². The smallest absolute Gasteiger partial charge is 0.257 e. The van der Waals surface area contributed by atoms with Crippen molar-refractivity contribution in [3.8, 4) is 5.88 Å². The molecule has 1 atom stereocenters. The fourth-order valence-corrected chi connectivity index (χ4v) is 4.90. The number of aryl methyl sites for hydroxylation is 1. The highest BCUT2D eigenvalue weighted by molar-refractivity contribution is 8.00. The van der Waals surface area contributed by atoms with Crippen molar-refractivity contribution in [3.05, 3.63) is 39.8 Å². The van der Waals surface area contributed by atoms with Gasteiger partial charge in [0.25, 0.3) is 5.91 Å². The zero-order valence-electron chi connectivity index (χ0n) is 17.3. The largest absolute Gasteiger partial charge is 0.481 e. The van der Waals surface area contributed by atoms with E-state index in [1.165, 1.54) is 25.8 Å². The molecule has 3 heterocycles. The zero-order valence-corrected chi connectivity index (χ0v) is 19.0. The van der Waals surface area contributed by atoms with Crippen molar-refractivity contribution in [1.82, 2.24) is 20.3 Å². The average molecular weight is 459 g/mol. The Kier molecular flexibility index (Phi) is 5.96. The Morgan fingerprint density at radius 1 is 1.26 bits per heavy atom. The lowest BCUT2D eigenvalue weighted by atomic mass is 10.0. The molecule has 0 saturated heterocycles. The van der Waals surface area contributed by atoms with Crippen molar-refractivity contribution >= 4 is 45.8 Å². The molecule has 10 heteroatoms. The summed E-state index contributed by atoms with van der Waals surface area (Å²) in [6.45, 7) is 3.24. The van der Waals surface area contributed by atoms with E-state index in [9.17, 15) is 14.7 Å². The van der Waals surface area contributed by atoms with E-state index in [4.69, 9.17) is 4.74 Å². The number of carbonyl (C=O) groups is 2. The molecule has 2 N–H and O–H groups in total. The SMILES string of the molecule is COc1ccc2nc(C)nc(SCC(=O)c3ccc([C@@](C)(O)C(=O)NC4CC4)s3)c2n1. The highest BCUT2D eigenvalue weighted by Crippen LogP contribution is 2.32. The van der Waals surface area contributed by atoms with Gasteiger partial charge in [-0.15, -0.1) is 11.3 Å². The van der Waals surface area contributed by atoms with Crippen LogP contribution in [0.5, 0.6) is 5.88 Å². The Balaban J connectivity index is 1.49. The van der Waals surface area contributed by atoms with Gasteiger partial charge >= 0.3 is 0 Å². The minimum atomic E-state index is -1.67. The molecular formula is C21H22N4O4S2. The summed E-state index contributed by atoms with van der Waals surface area (Å²) >= 11 is 2.40. The number of hydrogen-bond donors (Lipinski definition) is 2. The second-order valence-electron chi connectivity index (χ2n) is 7.49. The molecule has 1 aliphatic carbocycles. The Hall–Kier alpha value is -2.56. The molecule has 0 unspecified atom stereocenters. The number of thioether (sulfide) groups is 1. The number of ketones is 1. The molecule has 0 aromatic carbocycles. The first-order chi connectivity index (χ1) is 14.8. The summed E-state index contributed by atoms with van der Waals surface area (Å²) in [5.41, 5.74) is -0.409. The van der Waals surface area contributed by atoms with E-state index in [0.29, 0.717) is 37.5 Å². The van der Waals surface area contributed by atoms with Gasteiger partial charge in [-0.1, -0.05) is 11.8 Å². The third kappa shape index (κ3) is 4.70. The monoisotopic (exact) mass is 458 g/mol. The summed E-state index contributed by atoms with van der Waals surface area (Å²) in [7, 11) is 1.54. The van der Waals surface area contributed by atoms with Crippen LogP contribution in [0.1, 0.15) is 40.1 Å². The normalized spacial score (nSPS) is 15.5. The molecule has 0 aliphatic heterocycles. The Morgan fingerprint density at radius 2 is 2.03 bits per heavy atom. The van der Waals surface area contributed by atoms with Crippen LogP contribution in [0.4, 0.5) is 0 Å². The summed E-state index contributed by atoms with van der Waals surface area (Å²) in [5, 5.41) is 14.1. The van der Waals surface area contributed by atoms with Crippen LogP contribution in [-0.4, -0.2) is 50.7 Å². The minimum Gasteiger partial charge on any atom is -0.481 e. The average Bonchev–Trinajstić information content (AvgIpc) is 3.41. The Labute approximate surface area is 187 Å². The van der Waals surface area contributed by atoms with E-state index >= 15 is 0 Å². The van der Waals surface area contributed by atoms with Gasteiger partial charge in [0.2, 0.25) is 5.88 Å². The zero-order chi connectivity index (χ0) is 22.2. The summed E-state index contributed by atoms with van der Waals surface area (Å²) in [6.07, 6.45) is 1.87. The second kappa shape index (κ2) is 8.52. The topological polar surface area (TPSA) is 114 Å². The number of hydrogen-bond acceptors (Lipinski definition) is 9. The number of carbonyl (C=O) groups excluding carboxylic acids is 2. The number of Topliss-reactive ketones (excluding diaryl/α,β-unsaturated/α-hetero) is 1. The van der Waals surface area contributed by atoms with Crippen LogP contribution in [0, 0.1) is 6.92 Å². The van der Waals surface area contributed by atoms with Crippen molar-refractivity contribution in [2.75, 3.05) is 12.9 Å². The molecule has 4 rings (SSSR count). The van der Waals surface area contributed by atoms with Crippen LogP contribution in [0.25, 0.3) is 11.0 Å². The van der Waals surface area contributed by atoms with Crippen molar-refractivity contribution in [2.24, 2.45) is 0 Å². The molecule has 3 aromatic heterocycles. The molecule has 3 aromatic rings. The van der Waals surface area contributed by atoms with Gasteiger partial charge < -0.3 is 15.2 Å². The van der Waals surface area contributed by atoms with Gasteiger partial charge in [0.15, 0.2) is 11.4 Å². The van der Waals surface area contributed by atoms with Gasteiger partial charge in [0, 0.05) is 17.0 Å². The maximum atomic E-state index is 12.8. The molecule has 1 amide bonds. The van der Waals surface area contributed by atoms with Crippen LogP contribution in [-0.2, 0) is 10.4 Å². The number of nitrogens with one attached hydrogen (secondary N) is 1. The first-order valence-corrected chi connectivity index (χ1v) is 11.6. The number of nitrogens with zero attached hydrogens (tertiary/aromatic N) is 3. The second-order valence-corrected chi connectivity index (χ2v) is 9.54. The molecule has 1 fully saturated rings. The van der Waals surface area contributed by atoms with Crippen molar-refractivity contribution < 1.29 is 19.4 Å². The van der Waals surface area contributed by atoms with Crippen LogP contribution < -0.4 is 10.1 Å². The third-order valence-corrected chi connectivity index (χ3v) is 7.16. The van der Waals surface area contributed by atoms with Crippen molar-refractivity contribution in [1.29, 1.82) is 0 Å². The molecular weight excluding hydrogens is 436 g/mol. The predicted octanol–water partition coefficient (Wildman–Crippen LogP) is 2.86. The van der Waals surface area contributed by atoms with E-state index < -0.39 is 11.5 Å². The molecule has 0 spiro atoms. The van der Waals surface area contributed by atoms with Gasteiger partial charge in [-0.2, -0.15) is 0 Å². The number of rotatable bonds is 8. The molecule has 0 radical (unpaired) electrons. The summed E-state index contributed by atoms with van der Waals surface area (Å²) < 4.78 is 5.19. The first-order valence-electron chi connectivity index (χ1n) is 9.77. The van der Waals surface area contributed by atoms with E-state index in [1.54, 1.807) is 25.1 Å². The highest BCUT2D eigenvalue weighted by atomic mass is 32.2. The van der Waals surface area contributed by atoms with E-state index in [0.717, 1.165) is 24.2 Å². The lowest BCUT2D eigenvalue weighted by Gasteiger charge is -2.20. The maximum absolute atomic E-state index is 12.8. The fourth-order valence-electron chi connectivity index (χ4n) is 2.91. The number of ether oxygens (including phenoxy) is 1. The number of aliphatic hydroxyl groups is 1. The van der Waals surface area contributed by atoms with Gasteiger partial charge in [0.05, 0.1) is 23.3 Å². The van der Waals surface area contributed by atoms with Gasteiger partial charge in [-0.25, -0.2) is 15.0 Å². The number of methoxy groups -OCH3 is 1. The standard InChI is InChI=1S/C21H22N4O4S2/c1-11-22-13-6-9-17(29-3)25-18(13)19(23-11)30-10-14(26)15-7-8-16(31-15)21(2,28)20(27)24-12-4-5-12/h6-9,12,28H,4-5,10H2,1-3H3,(H,24,27)/t21-/m1/s1. The molecule has 1 aliphatic rings. The van der Waals surface area contributed by atoms with Crippen molar-refractivity contribution in [2.45, 2.75) is 43.4 Å². The Morgan fingerprint density at radius 3 is 2.74 bits per heavy atom. The quantitative estimate of drug-likeness (QED) is 0.301. The number of fused-ring (bicyclic) bond motifs is 1. The lowest BCUT2D eigenvalue weighted by Crippen LogP contribution is -2.42. The molecule has 0 bridgehead atoms. The fraction of sp³-hybridized carbons (Fsp3) is 0.381. The molecule has 31 heavy (non-hydrogen) atoms. The number of amides is 1. The molecule has 8 nitrogen and oxygen atoms in total. The minimum absolute atomic E-state index is 0.119. The van der Waals surface area contributed by atoms with Gasteiger partial charge in [-0.05, 0) is 44.9 Å². The predicted molar refractivity (Wildman–Crippen MR) is 119 cm³/mol. The first kappa shape index (κ1) is 21.7. The van der Waals surface area contributed by atoms with Gasteiger partial charge in [-0.3, -0.25) is 9.59 Å². The molecule has 162 valence electrons. The maximum Gasteiger partial charge on any atom is 0.257 e. The summed E-state index contributed by atoms with van der Waals surface area (Å²) in [5.74, 6) is 0.620. The summed E-state index contributed by atoms with van der Waals surface area (Å²) in [6, 6.07) is 6.96. The third-order valence-electron chi connectivity index (χ3n) is 4.86. The molecule has 1 saturated carbocycles. The number of pyridine rings is 1. The summed E-state index contributed by atoms with van der Waals surface area (Å²) in [4.78, 5) is 39.3. The Bertz CT molecular complexity index is 1160. The lowest BCUT2D eigenvalue weighted by molar-refractivity contribution is -0.138. The van der Waals surface area contributed by atoms with Crippen LogP contribution in [0.3, 0.4) is 0 Å². The van der Waals surface area contributed by atoms with Gasteiger partial charge in [0.1, 0.15) is 16.4 Å². The number of thiophene rings is 1. The van der Waals surface area contributed by atoms with E-state index in [2.05, 4.69) is 20.3 Å². The van der Waals surface area contributed by atoms with E-state index in [-0.39, 0.29) is 17.6 Å². The highest BCUT2D eigenvalue weighted by Gasteiger charge is 2.37. The van der Waals surface area contributed by atoms with Crippen molar-refractivity contribution in [3.63, 3.8) is 0 Å². The van der Waals surface area contributed by atoms with Crippen LogP contribution in [0.15, 0.2) is 29.3 Å².